The van der Waals surface area contributed by atoms with Gasteiger partial charge in [-0.05, 0) is 77.0 Å². The van der Waals surface area contributed by atoms with Crippen molar-refractivity contribution in [2.75, 3.05) is 13.2 Å². The average Bonchev–Trinajstić information content (AvgIpc) is 3.33. The predicted molar refractivity (Wildman–Crippen MR) is 292 cm³/mol. The van der Waals surface area contributed by atoms with Gasteiger partial charge in [0.25, 0.3) is 0 Å². The first-order valence-corrected chi connectivity index (χ1v) is 30.1. The van der Waals surface area contributed by atoms with Crippen LogP contribution in [0.2, 0.25) is 0 Å². The SMILES string of the molecule is CCCCCCCC/C=C\CCCCCCCC(=O)OCCCCCCCCCCCCCC/C=C\CCCCCCCCCCCC(=O)NC(CO)C(O)CCCCCCCCCCCC. The van der Waals surface area contributed by atoms with E-state index in [0.717, 1.165) is 44.9 Å². The molecule has 0 rings (SSSR count). The van der Waals surface area contributed by atoms with Crippen LogP contribution in [0.25, 0.3) is 0 Å². The molecule has 1 amide bonds. The van der Waals surface area contributed by atoms with E-state index in [4.69, 9.17) is 4.74 Å². The van der Waals surface area contributed by atoms with E-state index in [9.17, 15) is 19.8 Å². The molecule has 0 radical (unpaired) electrons. The Morgan fingerprint density at radius 1 is 0.403 bits per heavy atom. The van der Waals surface area contributed by atoms with Crippen LogP contribution in [-0.4, -0.2) is 47.4 Å². The Morgan fingerprint density at radius 3 is 1.06 bits per heavy atom. The second kappa shape index (κ2) is 56.9. The molecule has 0 fully saturated rings. The van der Waals surface area contributed by atoms with Gasteiger partial charge in [-0.25, -0.2) is 0 Å². The molecule has 396 valence electrons. The molecule has 67 heavy (non-hydrogen) atoms. The minimum atomic E-state index is -0.664. The molecule has 3 N–H and O–H groups in total. The quantitative estimate of drug-likeness (QED) is 0.0321. The van der Waals surface area contributed by atoms with Crippen molar-refractivity contribution in [2.24, 2.45) is 0 Å². The summed E-state index contributed by atoms with van der Waals surface area (Å²) >= 11 is 0. The third-order valence-electron chi connectivity index (χ3n) is 14.0. The Bertz CT molecular complexity index is 1040. The Labute approximate surface area is 418 Å². The van der Waals surface area contributed by atoms with Gasteiger partial charge < -0.3 is 20.3 Å². The van der Waals surface area contributed by atoms with Gasteiger partial charge in [-0.15, -0.1) is 0 Å². The smallest absolute Gasteiger partial charge is 0.305 e. The minimum absolute atomic E-state index is 0.00560. The summed E-state index contributed by atoms with van der Waals surface area (Å²) in [5.74, 6) is -0.0335. The molecule has 6 nitrogen and oxygen atoms in total. The van der Waals surface area contributed by atoms with Crippen molar-refractivity contribution < 1.29 is 24.5 Å². The van der Waals surface area contributed by atoms with Gasteiger partial charge in [0.15, 0.2) is 0 Å². The van der Waals surface area contributed by atoms with E-state index >= 15 is 0 Å². The minimum Gasteiger partial charge on any atom is -0.466 e. The fourth-order valence-electron chi connectivity index (χ4n) is 9.34. The van der Waals surface area contributed by atoms with Crippen LogP contribution in [0.4, 0.5) is 0 Å². The second-order valence-corrected chi connectivity index (χ2v) is 20.7. The lowest BCUT2D eigenvalue weighted by Gasteiger charge is -2.22. The van der Waals surface area contributed by atoms with Gasteiger partial charge in [0, 0.05) is 12.8 Å². The number of aliphatic hydroxyl groups excluding tert-OH is 2. The maximum absolute atomic E-state index is 12.4. The molecule has 0 aliphatic carbocycles. The molecule has 2 unspecified atom stereocenters. The molecule has 0 saturated heterocycles. The number of ether oxygens (including phenoxy) is 1. The van der Waals surface area contributed by atoms with E-state index in [1.54, 1.807) is 0 Å². The van der Waals surface area contributed by atoms with Crippen molar-refractivity contribution in [1.82, 2.24) is 5.32 Å². The summed E-state index contributed by atoms with van der Waals surface area (Å²) < 4.78 is 5.48. The molecule has 0 aromatic carbocycles. The van der Waals surface area contributed by atoms with Crippen molar-refractivity contribution in [3.05, 3.63) is 24.3 Å². The zero-order valence-electron chi connectivity index (χ0n) is 45.1. The van der Waals surface area contributed by atoms with Crippen LogP contribution in [0.3, 0.4) is 0 Å². The molecule has 0 heterocycles. The molecule has 0 aromatic heterocycles. The molecular formula is C61H117NO5. The topological polar surface area (TPSA) is 95.9 Å². The summed E-state index contributed by atoms with van der Waals surface area (Å²) in [6.45, 7) is 4.94. The molecule has 0 aromatic rings. The lowest BCUT2D eigenvalue weighted by molar-refractivity contribution is -0.143. The zero-order chi connectivity index (χ0) is 48.6. The molecule has 0 saturated carbocycles. The molecule has 0 spiro atoms. The summed E-state index contributed by atoms with van der Waals surface area (Å²) in [5, 5.41) is 23.1. The van der Waals surface area contributed by atoms with Crippen LogP contribution in [0, 0.1) is 0 Å². The Morgan fingerprint density at radius 2 is 0.701 bits per heavy atom. The number of aliphatic hydroxyl groups is 2. The summed E-state index contributed by atoms with van der Waals surface area (Å²) in [6.07, 6.45) is 69.0. The van der Waals surface area contributed by atoms with E-state index in [0.29, 0.717) is 25.9 Å². The van der Waals surface area contributed by atoms with E-state index in [1.807, 2.05) is 0 Å². The van der Waals surface area contributed by atoms with Gasteiger partial charge in [-0.3, -0.25) is 9.59 Å². The number of amides is 1. The standard InChI is InChI=1S/C61H117NO5/c1-3-5-7-9-11-13-15-16-28-32-35-39-43-47-51-55-61(66)67-56-52-48-44-40-36-33-30-27-25-23-21-19-17-18-20-22-24-26-29-31-34-38-42-46-50-54-60(65)62-58(57-63)59(64)53-49-45-41-37-14-12-10-8-6-4-2/h16,18,20,28,58-59,63-64H,3-15,17,19,21-27,29-57H2,1-2H3,(H,62,65)/b20-18-,28-16-. The van der Waals surface area contributed by atoms with Gasteiger partial charge in [0.05, 0.1) is 25.4 Å². The zero-order valence-corrected chi connectivity index (χ0v) is 45.1. The van der Waals surface area contributed by atoms with E-state index in [1.165, 1.54) is 250 Å². The highest BCUT2D eigenvalue weighted by Gasteiger charge is 2.20. The highest BCUT2D eigenvalue weighted by molar-refractivity contribution is 5.76. The van der Waals surface area contributed by atoms with Crippen LogP contribution in [-0.2, 0) is 14.3 Å². The fraction of sp³-hybridized carbons (Fsp3) is 0.902. The molecule has 6 heteroatoms. The number of nitrogens with one attached hydrogen (secondary N) is 1. The van der Waals surface area contributed by atoms with Gasteiger partial charge in [0.1, 0.15) is 0 Å². The maximum atomic E-state index is 12.4. The number of allylic oxidation sites excluding steroid dienone is 4. The van der Waals surface area contributed by atoms with Crippen molar-refractivity contribution in [3.8, 4) is 0 Å². The molecule has 0 aliphatic rings. The largest absolute Gasteiger partial charge is 0.466 e. The molecule has 0 aliphatic heterocycles. The Balaban J connectivity index is 3.37. The van der Waals surface area contributed by atoms with Crippen molar-refractivity contribution in [3.63, 3.8) is 0 Å². The van der Waals surface area contributed by atoms with Gasteiger partial charge >= 0.3 is 5.97 Å². The fourth-order valence-corrected chi connectivity index (χ4v) is 9.34. The monoisotopic (exact) mass is 944 g/mol. The summed E-state index contributed by atoms with van der Waals surface area (Å²) in [4.78, 5) is 24.5. The Kier molecular flexibility index (Phi) is 55.5. The van der Waals surface area contributed by atoms with Crippen LogP contribution < -0.4 is 5.32 Å². The van der Waals surface area contributed by atoms with Crippen LogP contribution in [0.15, 0.2) is 24.3 Å². The number of hydrogen-bond donors (Lipinski definition) is 3. The first kappa shape index (κ1) is 65.3. The number of unbranched alkanes of at least 4 members (excludes halogenated alkanes) is 41. The average molecular weight is 945 g/mol. The lowest BCUT2D eigenvalue weighted by atomic mass is 10.0. The van der Waals surface area contributed by atoms with Crippen molar-refractivity contribution in [2.45, 2.75) is 341 Å². The van der Waals surface area contributed by atoms with E-state index in [-0.39, 0.29) is 18.5 Å². The number of rotatable bonds is 56. The van der Waals surface area contributed by atoms with Crippen molar-refractivity contribution >= 4 is 11.9 Å². The number of carbonyl (C=O) groups excluding carboxylic acids is 2. The van der Waals surface area contributed by atoms with Crippen LogP contribution >= 0.6 is 0 Å². The number of carbonyl (C=O) groups is 2. The lowest BCUT2D eigenvalue weighted by Crippen LogP contribution is -2.45. The van der Waals surface area contributed by atoms with Crippen LogP contribution in [0.1, 0.15) is 328 Å². The second-order valence-electron chi connectivity index (χ2n) is 20.7. The molecule has 2 atom stereocenters. The highest BCUT2D eigenvalue weighted by Crippen LogP contribution is 2.17. The normalized spacial score (nSPS) is 12.7. The first-order valence-electron chi connectivity index (χ1n) is 30.1. The first-order chi connectivity index (χ1) is 33.0. The van der Waals surface area contributed by atoms with E-state index in [2.05, 4.69) is 43.5 Å². The maximum Gasteiger partial charge on any atom is 0.305 e. The predicted octanol–water partition coefficient (Wildman–Crippen LogP) is 18.6. The third kappa shape index (κ3) is 53.5. The van der Waals surface area contributed by atoms with Gasteiger partial charge in [0.2, 0.25) is 5.91 Å². The summed E-state index contributed by atoms with van der Waals surface area (Å²) in [5.41, 5.74) is 0. The van der Waals surface area contributed by atoms with Gasteiger partial charge in [-0.1, -0.05) is 263 Å². The summed E-state index contributed by atoms with van der Waals surface area (Å²) in [7, 11) is 0. The summed E-state index contributed by atoms with van der Waals surface area (Å²) in [6, 6.07) is -0.542. The Hall–Kier alpha value is -1.66. The van der Waals surface area contributed by atoms with Gasteiger partial charge in [-0.2, -0.15) is 0 Å². The van der Waals surface area contributed by atoms with Crippen LogP contribution in [0.5, 0.6) is 0 Å². The number of esters is 1. The molecule has 0 bridgehead atoms. The number of hydrogen-bond acceptors (Lipinski definition) is 5. The third-order valence-corrected chi connectivity index (χ3v) is 14.0. The van der Waals surface area contributed by atoms with Crippen molar-refractivity contribution in [1.29, 1.82) is 0 Å². The highest BCUT2D eigenvalue weighted by atomic mass is 16.5. The molecular weight excluding hydrogens is 827 g/mol. The van der Waals surface area contributed by atoms with E-state index < -0.39 is 12.1 Å².